The first kappa shape index (κ1) is 15.4. The lowest BCUT2D eigenvalue weighted by Gasteiger charge is -2.09. The van der Waals surface area contributed by atoms with Crippen LogP contribution in [0.25, 0.3) is 5.69 Å². The summed E-state index contributed by atoms with van der Waals surface area (Å²) < 4.78 is 4.33. The third-order valence-corrected chi connectivity index (χ3v) is 4.15. The first-order valence-electron chi connectivity index (χ1n) is 7.41. The lowest BCUT2D eigenvalue weighted by molar-refractivity contribution is 0.820. The van der Waals surface area contributed by atoms with E-state index in [9.17, 15) is 0 Å². The van der Waals surface area contributed by atoms with Crippen molar-refractivity contribution in [2.45, 2.75) is 27.7 Å². The minimum Gasteiger partial charge on any atom is -0.318 e. The molecule has 118 valence electrons. The molecule has 0 bridgehead atoms. The Morgan fingerprint density at radius 3 is 2.43 bits per heavy atom. The fourth-order valence-electron chi connectivity index (χ4n) is 2.64. The maximum absolute atomic E-state index is 5.17. The second-order valence-corrected chi connectivity index (χ2v) is 6.02. The number of aromatic nitrogens is 4. The molecule has 0 unspecified atom stereocenters. The number of nitrogens with one attached hydrogen (secondary N) is 1. The summed E-state index contributed by atoms with van der Waals surface area (Å²) in [5.74, 6) is 0.735. The summed E-state index contributed by atoms with van der Waals surface area (Å²) in [7, 11) is 0. The van der Waals surface area contributed by atoms with Crippen LogP contribution in [0.1, 0.15) is 28.3 Å². The quantitative estimate of drug-likeness (QED) is 0.587. The van der Waals surface area contributed by atoms with E-state index < -0.39 is 0 Å². The molecule has 3 rings (SSSR count). The lowest BCUT2D eigenvalue weighted by Crippen LogP contribution is -2.00. The monoisotopic (exact) mass is 325 g/mol. The maximum atomic E-state index is 5.17. The van der Waals surface area contributed by atoms with Crippen LogP contribution in [0.4, 0.5) is 0 Å². The van der Waals surface area contributed by atoms with Crippen LogP contribution in [0.2, 0.25) is 0 Å². The zero-order chi connectivity index (χ0) is 16.6. The van der Waals surface area contributed by atoms with Crippen molar-refractivity contribution in [3.63, 3.8) is 0 Å². The predicted molar refractivity (Wildman–Crippen MR) is 95.1 cm³/mol. The number of aryl methyl sites for hydroxylation is 3. The summed E-state index contributed by atoms with van der Waals surface area (Å²) in [6.45, 7) is 8.14. The first-order valence-corrected chi connectivity index (χ1v) is 7.82. The number of benzene rings is 1. The number of hydrogen-bond acceptors (Lipinski definition) is 3. The summed E-state index contributed by atoms with van der Waals surface area (Å²) in [6, 6.07) is 10.6. The van der Waals surface area contributed by atoms with Gasteiger partial charge in [0.05, 0.1) is 6.21 Å². The van der Waals surface area contributed by atoms with E-state index >= 15 is 0 Å². The van der Waals surface area contributed by atoms with Gasteiger partial charge in [-0.25, -0.2) is 0 Å². The van der Waals surface area contributed by atoms with Crippen molar-refractivity contribution in [2.24, 2.45) is 5.10 Å². The Morgan fingerprint density at radius 2 is 1.83 bits per heavy atom. The minimum absolute atomic E-state index is 0.492. The van der Waals surface area contributed by atoms with Gasteiger partial charge in [-0.05, 0) is 58.1 Å². The van der Waals surface area contributed by atoms with Gasteiger partial charge in [0.25, 0.3) is 0 Å². The molecule has 0 aliphatic heterocycles. The number of H-pyrrole nitrogens is 1. The van der Waals surface area contributed by atoms with E-state index in [2.05, 4.69) is 71.0 Å². The molecule has 0 aliphatic rings. The van der Waals surface area contributed by atoms with Gasteiger partial charge in [0.2, 0.25) is 4.77 Å². The first-order chi connectivity index (χ1) is 11.0. The highest BCUT2D eigenvalue weighted by Gasteiger charge is 2.09. The van der Waals surface area contributed by atoms with Crippen molar-refractivity contribution in [1.82, 2.24) is 19.4 Å². The van der Waals surface area contributed by atoms with E-state index in [1.807, 2.05) is 13.1 Å². The van der Waals surface area contributed by atoms with Gasteiger partial charge in [0.15, 0.2) is 0 Å². The zero-order valence-electron chi connectivity index (χ0n) is 13.7. The van der Waals surface area contributed by atoms with E-state index in [-0.39, 0.29) is 0 Å². The molecule has 0 saturated carbocycles. The predicted octanol–water partition coefficient (Wildman–Crippen LogP) is 3.85. The van der Waals surface area contributed by atoms with Crippen LogP contribution in [0.5, 0.6) is 0 Å². The van der Waals surface area contributed by atoms with Gasteiger partial charge in [0.1, 0.15) is 5.82 Å². The van der Waals surface area contributed by atoms with Gasteiger partial charge >= 0.3 is 0 Å². The summed E-state index contributed by atoms with van der Waals surface area (Å²) in [5, 5.41) is 11.2. The van der Waals surface area contributed by atoms with E-state index in [1.165, 1.54) is 11.3 Å². The molecule has 0 saturated heterocycles. The molecular weight excluding hydrogens is 306 g/mol. The van der Waals surface area contributed by atoms with Crippen molar-refractivity contribution in [3.8, 4) is 5.69 Å². The van der Waals surface area contributed by atoms with E-state index in [0.29, 0.717) is 4.77 Å². The number of rotatable bonds is 3. The van der Waals surface area contributed by atoms with Crippen molar-refractivity contribution in [1.29, 1.82) is 0 Å². The van der Waals surface area contributed by atoms with E-state index in [4.69, 9.17) is 12.2 Å². The second-order valence-electron chi connectivity index (χ2n) is 5.63. The second kappa shape index (κ2) is 5.96. The molecule has 2 heterocycles. The third kappa shape index (κ3) is 2.90. The van der Waals surface area contributed by atoms with Crippen molar-refractivity contribution in [3.05, 3.63) is 63.4 Å². The van der Waals surface area contributed by atoms with Gasteiger partial charge in [-0.15, -0.1) is 0 Å². The Labute approximate surface area is 140 Å². The van der Waals surface area contributed by atoms with Crippen LogP contribution in [-0.4, -0.2) is 25.7 Å². The van der Waals surface area contributed by atoms with Gasteiger partial charge in [-0.2, -0.15) is 14.9 Å². The fraction of sp³-hybridized carbons (Fsp3) is 0.235. The summed E-state index contributed by atoms with van der Waals surface area (Å²) in [5.41, 5.74) is 5.78. The van der Waals surface area contributed by atoms with Gasteiger partial charge in [-0.3, -0.25) is 5.10 Å². The largest absolute Gasteiger partial charge is 0.318 e. The van der Waals surface area contributed by atoms with Gasteiger partial charge in [-0.1, -0.05) is 17.7 Å². The Morgan fingerprint density at radius 1 is 1.13 bits per heavy atom. The van der Waals surface area contributed by atoms with E-state index in [1.54, 1.807) is 4.68 Å². The third-order valence-electron chi connectivity index (χ3n) is 3.89. The van der Waals surface area contributed by atoms with Crippen molar-refractivity contribution in [2.75, 3.05) is 0 Å². The molecular formula is C17H19N5S. The molecule has 6 heteroatoms. The molecule has 1 N–H and O–H groups in total. The van der Waals surface area contributed by atoms with E-state index in [0.717, 1.165) is 22.8 Å². The van der Waals surface area contributed by atoms with Crippen LogP contribution >= 0.6 is 12.2 Å². The summed E-state index contributed by atoms with van der Waals surface area (Å²) in [6.07, 6.45) is 1.82. The molecule has 0 amide bonds. The average Bonchev–Trinajstić information content (AvgIpc) is 2.98. The Hall–Kier alpha value is -2.47. The molecule has 0 atom stereocenters. The molecule has 23 heavy (non-hydrogen) atoms. The van der Waals surface area contributed by atoms with Crippen LogP contribution in [0, 0.1) is 32.5 Å². The molecule has 0 radical (unpaired) electrons. The van der Waals surface area contributed by atoms with Crippen LogP contribution in [0.15, 0.2) is 35.4 Å². The van der Waals surface area contributed by atoms with Crippen LogP contribution in [-0.2, 0) is 0 Å². The number of hydrogen-bond donors (Lipinski definition) is 1. The van der Waals surface area contributed by atoms with Gasteiger partial charge in [0, 0.05) is 22.6 Å². The Kier molecular flexibility index (Phi) is 4.00. The minimum atomic E-state index is 0.492. The lowest BCUT2D eigenvalue weighted by atomic mass is 10.2. The summed E-state index contributed by atoms with van der Waals surface area (Å²) in [4.78, 5) is 0. The topological polar surface area (TPSA) is 50.9 Å². The molecule has 0 fully saturated rings. The molecule has 0 spiro atoms. The molecule has 1 aromatic carbocycles. The highest BCUT2D eigenvalue weighted by molar-refractivity contribution is 7.71. The highest BCUT2D eigenvalue weighted by atomic mass is 32.1. The highest BCUT2D eigenvalue weighted by Crippen LogP contribution is 2.20. The van der Waals surface area contributed by atoms with Crippen molar-refractivity contribution >= 4 is 18.4 Å². The smallest absolute Gasteiger partial charge is 0.216 e. The van der Waals surface area contributed by atoms with Crippen LogP contribution < -0.4 is 0 Å². The zero-order valence-corrected chi connectivity index (χ0v) is 14.5. The SMILES string of the molecule is Cc1ccc(-n2c(C)cc(/C=N\n3c(C)n[nH]c3=S)c2C)cc1. The maximum Gasteiger partial charge on any atom is 0.216 e. The van der Waals surface area contributed by atoms with Gasteiger partial charge < -0.3 is 4.57 Å². The number of nitrogens with zero attached hydrogens (tertiary/aromatic N) is 4. The van der Waals surface area contributed by atoms with Crippen LogP contribution in [0.3, 0.4) is 0 Å². The molecule has 0 aliphatic carbocycles. The average molecular weight is 325 g/mol. The van der Waals surface area contributed by atoms with Crippen molar-refractivity contribution < 1.29 is 0 Å². The standard InChI is InChI=1S/C17H19N5S/c1-11-5-7-16(8-6-11)21-12(2)9-15(13(21)3)10-18-22-14(4)19-20-17(22)23/h5-10H,1-4H3,(H,20,23)/b18-10-. The fourth-order valence-corrected chi connectivity index (χ4v) is 2.86. The molecule has 2 aromatic heterocycles. The molecule has 3 aromatic rings. The Bertz CT molecular complexity index is 925. The Balaban J connectivity index is 2.01. The molecule has 5 nitrogen and oxygen atoms in total. The summed E-state index contributed by atoms with van der Waals surface area (Å²) >= 11 is 5.17. The normalized spacial score (nSPS) is 11.5. The number of aromatic amines is 1.